The van der Waals surface area contributed by atoms with E-state index in [9.17, 15) is 13.0 Å². The van der Waals surface area contributed by atoms with E-state index in [0.717, 1.165) is 19.3 Å². The van der Waals surface area contributed by atoms with Gasteiger partial charge in [0.2, 0.25) is 10.4 Å². The minimum absolute atomic E-state index is 0. The van der Waals surface area contributed by atoms with Crippen LogP contribution in [0.2, 0.25) is 0 Å². The third kappa shape index (κ3) is 21.2. The van der Waals surface area contributed by atoms with Crippen LogP contribution in [0, 0.1) is 0 Å². The van der Waals surface area contributed by atoms with Gasteiger partial charge in [0, 0.05) is 0 Å². The Hall–Kier alpha value is 1.25. The van der Waals surface area contributed by atoms with E-state index in [1.165, 1.54) is 63.9 Å². The van der Waals surface area contributed by atoms with Gasteiger partial charge in [0.25, 0.3) is 0 Å². The van der Waals surface area contributed by atoms with E-state index in [-0.39, 0.29) is 51.4 Å². The van der Waals surface area contributed by atoms with Crippen LogP contribution in [0.3, 0.4) is 0 Å². The summed E-state index contributed by atoms with van der Waals surface area (Å²) in [7, 11) is -4.62. The molecular weight excluding hydrogens is 339 g/mol. The molecule has 0 radical (unpaired) electrons. The molecule has 0 aromatic carbocycles. The van der Waals surface area contributed by atoms with Crippen LogP contribution in [0.5, 0.6) is 0 Å². The first-order valence-electron chi connectivity index (χ1n) is 8.76. The van der Waals surface area contributed by atoms with Crippen molar-refractivity contribution in [3.8, 4) is 0 Å². The molecule has 1 atom stereocenters. The topological polar surface area (TPSA) is 66.4 Å². The van der Waals surface area contributed by atoms with Gasteiger partial charge in [0.1, 0.15) is 0 Å². The van der Waals surface area contributed by atoms with Gasteiger partial charge in [-0.3, -0.25) is 4.18 Å². The normalized spacial score (nSPS) is 12.6. The first-order valence-corrected chi connectivity index (χ1v) is 10.1. The SMILES string of the molecule is C=CC(CCCCCCCCCCCCCC)OS(=O)(=O)[O-].[K+]. The summed E-state index contributed by atoms with van der Waals surface area (Å²) >= 11 is 0. The summed E-state index contributed by atoms with van der Waals surface area (Å²) < 4.78 is 35.9. The molecule has 0 aliphatic rings. The predicted molar refractivity (Wildman–Crippen MR) is 90.5 cm³/mol. The molecule has 0 amide bonds. The number of hydrogen-bond donors (Lipinski definition) is 0. The van der Waals surface area contributed by atoms with Crippen LogP contribution in [0.15, 0.2) is 12.7 Å². The van der Waals surface area contributed by atoms with E-state index in [1.807, 2.05) is 0 Å². The average Bonchev–Trinajstić information content (AvgIpc) is 2.46. The minimum atomic E-state index is -4.62. The Morgan fingerprint density at radius 1 is 0.913 bits per heavy atom. The van der Waals surface area contributed by atoms with Crippen LogP contribution in [-0.2, 0) is 14.6 Å². The zero-order chi connectivity index (χ0) is 16.7. The molecule has 0 heterocycles. The monoisotopic (exact) mass is 372 g/mol. The second-order valence-electron chi connectivity index (χ2n) is 5.96. The van der Waals surface area contributed by atoms with Crippen LogP contribution in [0.4, 0.5) is 0 Å². The van der Waals surface area contributed by atoms with Crippen molar-refractivity contribution in [2.75, 3.05) is 0 Å². The maximum absolute atomic E-state index is 10.5. The molecule has 4 nitrogen and oxygen atoms in total. The van der Waals surface area contributed by atoms with Gasteiger partial charge >= 0.3 is 51.4 Å². The third-order valence-electron chi connectivity index (χ3n) is 3.85. The van der Waals surface area contributed by atoms with E-state index in [4.69, 9.17) is 0 Å². The summed E-state index contributed by atoms with van der Waals surface area (Å²) in [6.07, 6.45) is 16.3. The van der Waals surface area contributed by atoms with Crippen LogP contribution >= 0.6 is 0 Å². The van der Waals surface area contributed by atoms with E-state index in [0.29, 0.717) is 6.42 Å². The van der Waals surface area contributed by atoms with Gasteiger partial charge in [-0.05, 0) is 6.42 Å². The van der Waals surface area contributed by atoms with Gasteiger partial charge in [0.05, 0.1) is 6.10 Å². The molecule has 0 saturated heterocycles. The Morgan fingerprint density at radius 2 is 1.30 bits per heavy atom. The number of unbranched alkanes of at least 4 members (excludes halogenated alkanes) is 11. The van der Waals surface area contributed by atoms with Crippen LogP contribution in [0.1, 0.15) is 90.4 Å². The van der Waals surface area contributed by atoms with Crippen molar-refractivity contribution in [3.63, 3.8) is 0 Å². The van der Waals surface area contributed by atoms with Crippen LogP contribution in [-0.4, -0.2) is 19.1 Å². The Kier molecular flexibility index (Phi) is 20.8. The quantitative estimate of drug-likeness (QED) is 0.137. The third-order valence-corrected chi connectivity index (χ3v) is 4.33. The summed E-state index contributed by atoms with van der Waals surface area (Å²) in [5.74, 6) is 0. The van der Waals surface area contributed by atoms with Crippen molar-refractivity contribution in [3.05, 3.63) is 12.7 Å². The smallest absolute Gasteiger partial charge is 0.726 e. The average molecular weight is 373 g/mol. The van der Waals surface area contributed by atoms with Gasteiger partial charge in [0.15, 0.2) is 0 Å². The Bertz CT molecular complexity index is 358. The fraction of sp³-hybridized carbons (Fsp3) is 0.882. The molecule has 6 heteroatoms. The standard InChI is InChI=1S/C17H34O4S.K/c1-3-5-6-7-8-9-10-11-12-13-14-15-16-17(4-2)21-22(18,19)20;/h4,17H,2-3,5-16H2,1H3,(H,18,19,20);/q;+1/p-1. The molecule has 0 aliphatic heterocycles. The molecular formula is C17H33KO4S. The maximum atomic E-state index is 10.5. The Balaban J connectivity index is 0. The predicted octanol–water partition coefficient (Wildman–Crippen LogP) is 2.11. The van der Waals surface area contributed by atoms with Crippen molar-refractivity contribution < 1.29 is 68.5 Å². The van der Waals surface area contributed by atoms with E-state index in [2.05, 4.69) is 17.7 Å². The first kappa shape index (κ1) is 26.5. The molecule has 23 heavy (non-hydrogen) atoms. The Labute approximate surface area is 186 Å². The molecule has 0 bridgehead atoms. The van der Waals surface area contributed by atoms with E-state index < -0.39 is 16.5 Å². The summed E-state index contributed by atoms with van der Waals surface area (Å²) in [5.41, 5.74) is 0. The molecule has 132 valence electrons. The van der Waals surface area contributed by atoms with Gasteiger partial charge in [-0.1, -0.05) is 90.0 Å². The van der Waals surface area contributed by atoms with Gasteiger partial charge in [-0.25, -0.2) is 8.42 Å². The van der Waals surface area contributed by atoms with Crippen LogP contribution in [0.25, 0.3) is 0 Å². The molecule has 0 aliphatic carbocycles. The zero-order valence-corrected chi connectivity index (χ0v) is 19.0. The molecule has 0 fully saturated rings. The maximum Gasteiger partial charge on any atom is 1.00 e. The van der Waals surface area contributed by atoms with Crippen molar-refractivity contribution in [1.82, 2.24) is 0 Å². The minimum Gasteiger partial charge on any atom is -0.726 e. The molecule has 1 unspecified atom stereocenters. The first-order chi connectivity index (χ1) is 10.5. The summed E-state index contributed by atoms with van der Waals surface area (Å²) in [4.78, 5) is 0. The fourth-order valence-corrected chi connectivity index (χ4v) is 3.02. The zero-order valence-electron chi connectivity index (χ0n) is 15.1. The molecule has 0 rings (SSSR count). The second-order valence-corrected chi connectivity index (χ2v) is 6.97. The van der Waals surface area contributed by atoms with Crippen molar-refractivity contribution in [1.29, 1.82) is 0 Å². The second kappa shape index (κ2) is 18.0. The van der Waals surface area contributed by atoms with Crippen molar-refractivity contribution in [2.45, 2.75) is 96.5 Å². The van der Waals surface area contributed by atoms with Gasteiger partial charge in [-0.15, -0.1) is 6.58 Å². The largest absolute Gasteiger partial charge is 1.00 e. The van der Waals surface area contributed by atoms with E-state index in [1.54, 1.807) is 0 Å². The molecule has 0 spiro atoms. The van der Waals surface area contributed by atoms with Crippen molar-refractivity contribution in [2.24, 2.45) is 0 Å². The molecule has 0 saturated carbocycles. The number of hydrogen-bond acceptors (Lipinski definition) is 4. The molecule has 0 N–H and O–H groups in total. The van der Waals surface area contributed by atoms with Crippen LogP contribution < -0.4 is 51.4 Å². The molecule has 0 aromatic rings. The summed E-state index contributed by atoms with van der Waals surface area (Å²) in [5, 5.41) is 0. The van der Waals surface area contributed by atoms with Crippen molar-refractivity contribution >= 4 is 10.4 Å². The van der Waals surface area contributed by atoms with Gasteiger partial charge < -0.3 is 4.55 Å². The van der Waals surface area contributed by atoms with E-state index >= 15 is 0 Å². The summed E-state index contributed by atoms with van der Waals surface area (Å²) in [6.45, 7) is 5.73. The van der Waals surface area contributed by atoms with Gasteiger partial charge in [-0.2, -0.15) is 0 Å². The summed E-state index contributed by atoms with van der Waals surface area (Å²) in [6, 6.07) is 0. The number of rotatable bonds is 16. The fourth-order valence-electron chi connectivity index (χ4n) is 2.54. The molecule has 0 aromatic heterocycles. The Morgan fingerprint density at radius 3 is 1.65 bits per heavy atom.